The van der Waals surface area contributed by atoms with Crippen LogP contribution in [0.25, 0.3) is 5.70 Å². The highest BCUT2D eigenvalue weighted by molar-refractivity contribution is 6.19. The molecule has 0 bridgehead atoms. The summed E-state index contributed by atoms with van der Waals surface area (Å²) in [4.78, 5) is 44.9. The summed E-state index contributed by atoms with van der Waals surface area (Å²) in [6.07, 6.45) is 9.36. The van der Waals surface area contributed by atoms with Crippen molar-refractivity contribution >= 4 is 23.4 Å². The molecule has 9 nitrogen and oxygen atoms in total. The van der Waals surface area contributed by atoms with Gasteiger partial charge in [-0.1, -0.05) is 0 Å². The van der Waals surface area contributed by atoms with E-state index in [0.717, 1.165) is 24.8 Å². The lowest BCUT2D eigenvalue weighted by atomic mass is 10.0. The lowest BCUT2D eigenvalue weighted by molar-refractivity contribution is -0.138. The number of pyridine rings is 1. The molecule has 4 rings (SSSR count). The second-order valence-corrected chi connectivity index (χ2v) is 7.60. The van der Waals surface area contributed by atoms with Crippen LogP contribution in [-0.4, -0.2) is 51.6 Å². The van der Waals surface area contributed by atoms with E-state index in [2.05, 4.69) is 10.3 Å². The smallest absolute Gasteiger partial charge is 0.277 e. The fourth-order valence-corrected chi connectivity index (χ4v) is 3.74. The van der Waals surface area contributed by atoms with Crippen LogP contribution in [0.3, 0.4) is 0 Å². The standard InChI is InChI=1S/C21H24N6O3/c22-16(13-3-1-9-24-11-13)7-8-17(23)25-18(28)12-26-10-2-4-15-19(26)21(30)27(20(15)29)14-5-6-14/h1,3,7-9,11,14H,2,4-6,10,12,22-23H2,(H,25,28)/b16-7-,17-8+. The summed E-state index contributed by atoms with van der Waals surface area (Å²) in [6.45, 7) is 0.494. The van der Waals surface area contributed by atoms with Gasteiger partial charge in [0.05, 0.1) is 6.54 Å². The summed E-state index contributed by atoms with van der Waals surface area (Å²) in [7, 11) is 0. The van der Waals surface area contributed by atoms with E-state index in [1.165, 1.54) is 11.0 Å². The van der Waals surface area contributed by atoms with E-state index in [4.69, 9.17) is 11.5 Å². The highest BCUT2D eigenvalue weighted by Gasteiger charge is 2.48. The third kappa shape index (κ3) is 3.91. The zero-order chi connectivity index (χ0) is 21.3. The van der Waals surface area contributed by atoms with Gasteiger partial charge < -0.3 is 21.7 Å². The summed E-state index contributed by atoms with van der Waals surface area (Å²) in [5.74, 6) is -0.707. The molecule has 1 saturated carbocycles. The molecule has 0 atom stereocenters. The van der Waals surface area contributed by atoms with Crippen molar-refractivity contribution in [3.05, 3.63) is 59.3 Å². The Morgan fingerprint density at radius 2 is 2.03 bits per heavy atom. The van der Waals surface area contributed by atoms with Crippen molar-refractivity contribution in [2.24, 2.45) is 11.5 Å². The van der Waals surface area contributed by atoms with Crippen LogP contribution >= 0.6 is 0 Å². The topological polar surface area (TPSA) is 135 Å². The number of hydrogen-bond donors (Lipinski definition) is 3. The van der Waals surface area contributed by atoms with Crippen LogP contribution in [0.15, 0.2) is 53.8 Å². The number of hydrogen-bond acceptors (Lipinski definition) is 7. The summed E-state index contributed by atoms with van der Waals surface area (Å²) in [6, 6.07) is 3.60. The Morgan fingerprint density at radius 1 is 1.23 bits per heavy atom. The number of carbonyl (C=O) groups is 3. The zero-order valence-electron chi connectivity index (χ0n) is 16.5. The van der Waals surface area contributed by atoms with E-state index in [0.29, 0.717) is 29.9 Å². The van der Waals surface area contributed by atoms with E-state index < -0.39 is 0 Å². The third-order valence-corrected chi connectivity index (χ3v) is 5.32. The van der Waals surface area contributed by atoms with Gasteiger partial charge in [-0.25, -0.2) is 0 Å². The molecule has 0 saturated heterocycles. The minimum Gasteiger partial charge on any atom is -0.398 e. The van der Waals surface area contributed by atoms with Gasteiger partial charge >= 0.3 is 0 Å². The molecule has 0 unspecified atom stereocenters. The second kappa shape index (κ2) is 8.02. The van der Waals surface area contributed by atoms with Gasteiger partial charge in [0, 0.05) is 41.8 Å². The molecule has 1 aromatic rings. The van der Waals surface area contributed by atoms with Crippen molar-refractivity contribution in [3.63, 3.8) is 0 Å². The molecule has 3 aliphatic rings. The first-order valence-electron chi connectivity index (χ1n) is 9.95. The number of nitrogens with two attached hydrogens (primary N) is 2. The van der Waals surface area contributed by atoms with E-state index in [-0.39, 0.29) is 36.1 Å². The average molecular weight is 408 g/mol. The van der Waals surface area contributed by atoms with Crippen molar-refractivity contribution in [2.45, 2.75) is 31.7 Å². The normalized spacial score (nSPS) is 20.0. The van der Waals surface area contributed by atoms with Crippen LogP contribution < -0.4 is 16.8 Å². The van der Waals surface area contributed by atoms with Gasteiger partial charge in [0.25, 0.3) is 11.8 Å². The Labute approximate surface area is 174 Å². The largest absolute Gasteiger partial charge is 0.398 e. The monoisotopic (exact) mass is 408 g/mol. The minimum atomic E-state index is -0.365. The van der Waals surface area contributed by atoms with E-state index >= 15 is 0 Å². The van der Waals surface area contributed by atoms with Gasteiger partial charge in [-0.05, 0) is 50.0 Å². The Balaban J connectivity index is 1.40. The van der Waals surface area contributed by atoms with Crippen molar-refractivity contribution in [1.82, 2.24) is 20.1 Å². The highest BCUT2D eigenvalue weighted by atomic mass is 16.2. The lowest BCUT2D eigenvalue weighted by Crippen LogP contribution is -2.42. The van der Waals surface area contributed by atoms with Crippen LogP contribution in [0.5, 0.6) is 0 Å². The summed E-state index contributed by atoms with van der Waals surface area (Å²) in [5.41, 5.74) is 14.0. The van der Waals surface area contributed by atoms with Gasteiger partial charge in [0.15, 0.2) is 0 Å². The summed E-state index contributed by atoms with van der Waals surface area (Å²) < 4.78 is 0. The number of allylic oxidation sites excluding steroid dienone is 2. The number of nitrogens with one attached hydrogen (secondary N) is 1. The molecule has 5 N–H and O–H groups in total. The fourth-order valence-electron chi connectivity index (χ4n) is 3.74. The van der Waals surface area contributed by atoms with E-state index in [1.807, 2.05) is 6.07 Å². The van der Waals surface area contributed by atoms with E-state index in [1.54, 1.807) is 29.4 Å². The number of nitrogens with zero attached hydrogens (tertiary/aromatic N) is 3. The molecule has 9 heteroatoms. The molecule has 1 aliphatic carbocycles. The Bertz CT molecular complexity index is 978. The lowest BCUT2D eigenvalue weighted by Gasteiger charge is -2.28. The van der Waals surface area contributed by atoms with Gasteiger partial charge in [-0.2, -0.15) is 0 Å². The predicted molar refractivity (Wildman–Crippen MR) is 110 cm³/mol. The summed E-state index contributed by atoms with van der Waals surface area (Å²) >= 11 is 0. The first-order valence-corrected chi connectivity index (χ1v) is 9.95. The summed E-state index contributed by atoms with van der Waals surface area (Å²) in [5, 5.41) is 2.60. The first kappa shape index (κ1) is 19.7. The Morgan fingerprint density at radius 3 is 2.73 bits per heavy atom. The van der Waals surface area contributed by atoms with Gasteiger partial charge in [0.2, 0.25) is 5.91 Å². The number of imide groups is 1. The van der Waals surface area contributed by atoms with Crippen molar-refractivity contribution in [1.29, 1.82) is 0 Å². The van der Waals surface area contributed by atoms with Crippen molar-refractivity contribution < 1.29 is 14.4 Å². The number of carbonyl (C=O) groups excluding carboxylic acids is 3. The molecule has 2 aliphatic heterocycles. The molecule has 1 aromatic heterocycles. The SMILES string of the molecule is N/C(=C\C=C(/N)NC(=O)CN1CCCC2=C1C(=O)N(C1CC1)C2=O)c1cccnc1. The van der Waals surface area contributed by atoms with E-state index in [9.17, 15) is 14.4 Å². The number of amides is 3. The molecular weight excluding hydrogens is 384 g/mol. The van der Waals surface area contributed by atoms with Gasteiger partial charge in [-0.15, -0.1) is 0 Å². The third-order valence-electron chi connectivity index (χ3n) is 5.32. The minimum absolute atomic E-state index is 0.0157. The van der Waals surface area contributed by atoms with Crippen LogP contribution in [0.4, 0.5) is 0 Å². The maximum absolute atomic E-state index is 12.8. The molecule has 3 heterocycles. The van der Waals surface area contributed by atoms with Crippen LogP contribution in [0, 0.1) is 0 Å². The molecular formula is C21H24N6O3. The second-order valence-electron chi connectivity index (χ2n) is 7.60. The van der Waals surface area contributed by atoms with Gasteiger partial charge in [-0.3, -0.25) is 24.3 Å². The molecule has 30 heavy (non-hydrogen) atoms. The maximum Gasteiger partial charge on any atom is 0.277 e. The first-order chi connectivity index (χ1) is 14.5. The molecule has 3 amide bonds. The number of aromatic nitrogens is 1. The van der Waals surface area contributed by atoms with Crippen molar-refractivity contribution in [2.75, 3.05) is 13.1 Å². The number of rotatable bonds is 6. The molecule has 156 valence electrons. The molecule has 0 aromatic carbocycles. The predicted octanol–water partition coefficient (Wildman–Crippen LogP) is 0.179. The highest BCUT2D eigenvalue weighted by Crippen LogP contribution is 2.38. The molecule has 1 fully saturated rings. The van der Waals surface area contributed by atoms with Crippen LogP contribution in [-0.2, 0) is 14.4 Å². The molecule has 0 radical (unpaired) electrons. The van der Waals surface area contributed by atoms with Gasteiger partial charge in [0.1, 0.15) is 11.5 Å². The van der Waals surface area contributed by atoms with Crippen LogP contribution in [0.2, 0.25) is 0 Å². The quantitative estimate of drug-likeness (QED) is 0.451. The van der Waals surface area contributed by atoms with Crippen molar-refractivity contribution in [3.8, 4) is 0 Å². The maximum atomic E-state index is 12.8. The Kier molecular flexibility index (Phi) is 5.26. The van der Waals surface area contributed by atoms with Crippen LogP contribution in [0.1, 0.15) is 31.2 Å². The zero-order valence-corrected chi connectivity index (χ0v) is 16.5. The Hall–Kier alpha value is -3.62. The molecule has 0 spiro atoms. The average Bonchev–Trinajstić information content (AvgIpc) is 3.53. The fraction of sp³-hybridized carbons (Fsp3) is 0.333.